The van der Waals surface area contributed by atoms with Crippen molar-refractivity contribution in [3.8, 4) is 6.07 Å². The Morgan fingerprint density at radius 2 is 2.05 bits per heavy atom. The molecule has 1 aliphatic rings. The summed E-state index contributed by atoms with van der Waals surface area (Å²) in [6.45, 7) is 7.79. The molecule has 0 spiro atoms. The minimum Gasteiger partial charge on any atom is -0.478 e. The van der Waals surface area contributed by atoms with Crippen LogP contribution in [0.2, 0.25) is 5.02 Å². The Balaban J connectivity index is 1.73. The van der Waals surface area contributed by atoms with E-state index in [4.69, 9.17) is 16.7 Å². The maximum Gasteiger partial charge on any atom is 0.331 e. The number of aliphatic carboxylic acids is 1. The van der Waals surface area contributed by atoms with E-state index in [2.05, 4.69) is 63.7 Å². The van der Waals surface area contributed by atoms with Gasteiger partial charge in [0.15, 0.2) is 0 Å². The zero-order valence-electron chi connectivity index (χ0n) is 22.1. The maximum atomic E-state index is 11.1. The molecule has 1 aliphatic heterocycles. The summed E-state index contributed by atoms with van der Waals surface area (Å²) in [6, 6.07) is 15.5. The molecule has 40 heavy (non-hydrogen) atoms. The molecule has 0 unspecified atom stereocenters. The Morgan fingerprint density at radius 3 is 2.70 bits per heavy atom. The van der Waals surface area contributed by atoms with Crippen molar-refractivity contribution in [2.75, 3.05) is 10.6 Å². The molecule has 0 fully saturated rings. The van der Waals surface area contributed by atoms with Gasteiger partial charge in [-0.3, -0.25) is 4.98 Å². The van der Waals surface area contributed by atoms with Crippen LogP contribution in [-0.2, 0) is 4.79 Å². The number of hydrogen-bond acceptors (Lipinski definition) is 8. The monoisotopic (exact) mass is 555 g/mol. The molecule has 0 radical (unpaired) electrons. The molecule has 0 aliphatic carbocycles. The number of hydrogen-bond donors (Lipinski definition) is 6. The lowest BCUT2D eigenvalue weighted by Crippen LogP contribution is -2.37. The van der Waals surface area contributed by atoms with Gasteiger partial charge in [-0.2, -0.15) is 10.8 Å². The first kappa shape index (κ1) is 28.2. The van der Waals surface area contributed by atoms with Gasteiger partial charge in [0.25, 0.3) is 0 Å². The number of rotatable bonds is 11. The number of halogens is 1. The number of allylic oxidation sites excluding steroid dienone is 2. The minimum atomic E-state index is -0.989. The first-order valence-electron chi connectivity index (χ1n) is 12.7. The average molecular weight is 556 g/mol. The zero-order chi connectivity index (χ0) is 28.6. The number of anilines is 2. The van der Waals surface area contributed by atoms with Crippen LogP contribution in [0, 0.1) is 11.3 Å². The lowest BCUT2D eigenvalue weighted by molar-refractivity contribution is -0.132. The number of nitrogens with zero attached hydrogens (tertiary/aromatic N) is 2. The third-order valence-corrected chi connectivity index (χ3v) is 6.76. The van der Waals surface area contributed by atoms with Gasteiger partial charge in [0, 0.05) is 29.0 Å². The Labute approximate surface area is 237 Å². The van der Waals surface area contributed by atoms with Crippen LogP contribution in [-0.4, -0.2) is 22.1 Å². The second-order valence-corrected chi connectivity index (χ2v) is 9.60. The van der Waals surface area contributed by atoms with Crippen molar-refractivity contribution >= 4 is 39.8 Å². The fourth-order valence-electron chi connectivity index (χ4n) is 4.30. The number of carbonyl (C=O) groups is 1. The van der Waals surface area contributed by atoms with Crippen molar-refractivity contribution in [3.63, 3.8) is 0 Å². The second kappa shape index (κ2) is 12.8. The van der Waals surface area contributed by atoms with Gasteiger partial charge < -0.3 is 26.6 Å². The number of nitriles is 1. The Kier molecular flexibility index (Phi) is 9.07. The Morgan fingerprint density at radius 1 is 1.27 bits per heavy atom. The molecule has 2 heterocycles. The fourth-order valence-corrected chi connectivity index (χ4v) is 4.57. The molecule has 10 heteroatoms. The molecule has 4 rings (SSSR count). The van der Waals surface area contributed by atoms with E-state index in [0.29, 0.717) is 38.4 Å². The van der Waals surface area contributed by atoms with Gasteiger partial charge in [-0.1, -0.05) is 73.7 Å². The molecule has 204 valence electrons. The maximum absolute atomic E-state index is 11.1. The molecule has 2 aromatic carbocycles. The summed E-state index contributed by atoms with van der Waals surface area (Å²) in [5.74, 6) is -0.989. The van der Waals surface area contributed by atoms with Crippen molar-refractivity contribution in [3.05, 3.63) is 113 Å². The Hall–Kier alpha value is -4.78. The van der Waals surface area contributed by atoms with E-state index in [9.17, 15) is 10.1 Å². The highest BCUT2D eigenvalue weighted by Gasteiger charge is 2.21. The zero-order valence-corrected chi connectivity index (χ0v) is 22.9. The van der Waals surface area contributed by atoms with Crippen LogP contribution in [0.15, 0.2) is 96.5 Å². The number of carboxylic acids is 1. The minimum absolute atomic E-state index is 0.0285. The van der Waals surface area contributed by atoms with Crippen LogP contribution >= 0.6 is 11.6 Å². The first-order chi connectivity index (χ1) is 19.3. The molecular formula is C30H30ClN7O2. The molecule has 3 aromatic rings. The van der Waals surface area contributed by atoms with Crippen LogP contribution in [0.5, 0.6) is 0 Å². The van der Waals surface area contributed by atoms with Gasteiger partial charge in [-0.05, 0) is 36.6 Å². The SMILES string of the molecule is C=C(/C=C\C=C(/C)C(=O)O)[C@H](Nc1cc(Cl)c2ncc(C#N)c(N[C@H](CC)c3ccccc3)c2c1)C1=CNNN1. The average Bonchev–Trinajstić information content (AvgIpc) is 3.49. The van der Waals surface area contributed by atoms with Gasteiger partial charge in [0.2, 0.25) is 0 Å². The van der Waals surface area contributed by atoms with Crippen LogP contribution in [0.25, 0.3) is 10.9 Å². The molecule has 2 atom stereocenters. The largest absolute Gasteiger partial charge is 0.478 e. The third-order valence-electron chi connectivity index (χ3n) is 6.47. The van der Waals surface area contributed by atoms with E-state index in [1.807, 2.05) is 24.3 Å². The number of nitrogens with one attached hydrogen (secondary N) is 5. The molecule has 0 bridgehead atoms. The second-order valence-electron chi connectivity index (χ2n) is 9.19. The van der Waals surface area contributed by atoms with Gasteiger partial charge in [-0.15, -0.1) is 0 Å². The summed E-state index contributed by atoms with van der Waals surface area (Å²) < 4.78 is 0. The van der Waals surface area contributed by atoms with Crippen molar-refractivity contribution < 1.29 is 9.90 Å². The van der Waals surface area contributed by atoms with Gasteiger partial charge in [-0.25, -0.2) is 4.79 Å². The first-order valence-corrected chi connectivity index (χ1v) is 13.0. The van der Waals surface area contributed by atoms with E-state index in [1.165, 1.54) is 19.2 Å². The van der Waals surface area contributed by atoms with Crippen molar-refractivity contribution in [1.29, 1.82) is 5.26 Å². The summed E-state index contributed by atoms with van der Waals surface area (Å²) in [6.07, 6.45) is 8.98. The number of pyridine rings is 1. The van der Waals surface area contributed by atoms with Crippen molar-refractivity contribution in [2.45, 2.75) is 32.4 Å². The molecule has 0 saturated heterocycles. The lowest BCUT2D eigenvalue weighted by Gasteiger charge is -2.24. The summed E-state index contributed by atoms with van der Waals surface area (Å²) in [5, 5.41) is 27.2. The van der Waals surface area contributed by atoms with E-state index >= 15 is 0 Å². The topological polar surface area (TPSA) is 134 Å². The Bertz CT molecular complexity index is 1560. The summed E-state index contributed by atoms with van der Waals surface area (Å²) in [7, 11) is 0. The molecule has 6 N–H and O–H groups in total. The highest BCUT2D eigenvalue weighted by atomic mass is 35.5. The molecule has 9 nitrogen and oxygen atoms in total. The van der Waals surface area contributed by atoms with E-state index in [-0.39, 0.29) is 11.6 Å². The molecule has 0 saturated carbocycles. The molecule has 1 aromatic heterocycles. The number of aromatic nitrogens is 1. The number of carboxylic acid groups (broad SMARTS) is 1. The highest BCUT2D eigenvalue weighted by molar-refractivity contribution is 6.35. The van der Waals surface area contributed by atoms with Crippen LogP contribution < -0.4 is 27.0 Å². The van der Waals surface area contributed by atoms with E-state index in [1.54, 1.807) is 24.4 Å². The van der Waals surface area contributed by atoms with Crippen LogP contribution in [0.1, 0.15) is 37.4 Å². The normalized spacial score (nSPS) is 14.6. The summed E-state index contributed by atoms with van der Waals surface area (Å²) >= 11 is 6.72. The van der Waals surface area contributed by atoms with Crippen molar-refractivity contribution in [1.82, 2.24) is 21.4 Å². The predicted octanol–water partition coefficient (Wildman–Crippen LogP) is 5.70. The van der Waals surface area contributed by atoms with E-state index in [0.717, 1.165) is 17.7 Å². The van der Waals surface area contributed by atoms with Gasteiger partial charge >= 0.3 is 5.97 Å². The van der Waals surface area contributed by atoms with Crippen LogP contribution in [0.3, 0.4) is 0 Å². The smallest absolute Gasteiger partial charge is 0.331 e. The van der Waals surface area contributed by atoms with Crippen LogP contribution in [0.4, 0.5) is 11.4 Å². The third kappa shape index (κ3) is 6.43. The summed E-state index contributed by atoms with van der Waals surface area (Å²) in [5.41, 5.74) is 13.8. The highest BCUT2D eigenvalue weighted by Crippen LogP contribution is 2.36. The number of hydrazine groups is 2. The standard InChI is InChI=1S/C30H30ClN7O2/c1-4-25(20-11-6-5-7-12-20)36-28-21(15-32)16-33-29-23(28)13-22(14-24(29)31)35-27(26-17-34-38-37-26)18(2)9-8-10-19(3)30(39)40/h5-14,16-17,25,27,34-35,37-38H,2,4H2,1,3H3,(H,33,36)(H,39,40)/b9-8-,19-10+/t25-,27+/m1/s1. The summed E-state index contributed by atoms with van der Waals surface area (Å²) in [4.78, 5) is 15.6. The quantitative estimate of drug-likeness (QED) is 0.130. The number of benzene rings is 2. The fraction of sp³-hybridized carbons (Fsp3) is 0.167. The molecule has 0 amide bonds. The van der Waals surface area contributed by atoms with Gasteiger partial charge in [0.1, 0.15) is 6.07 Å². The number of fused-ring (bicyclic) bond motifs is 1. The van der Waals surface area contributed by atoms with Gasteiger partial charge in [0.05, 0.1) is 39.6 Å². The molecular weight excluding hydrogens is 526 g/mol. The predicted molar refractivity (Wildman–Crippen MR) is 159 cm³/mol. The van der Waals surface area contributed by atoms with E-state index < -0.39 is 12.0 Å². The van der Waals surface area contributed by atoms with Crippen molar-refractivity contribution in [2.24, 2.45) is 0 Å². The lowest BCUT2D eigenvalue weighted by atomic mass is 10.0.